The van der Waals surface area contributed by atoms with E-state index in [0.29, 0.717) is 23.8 Å². The molecular formula is C14H14N2O3. The zero-order chi connectivity index (χ0) is 13.2. The van der Waals surface area contributed by atoms with Crippen molar-refractivity contribution in [1.29, 1.82) is 0 Å². The van der Waals surface area contributed by atoms with Gasteiger partial charge in [0.2, 0.25) is 0 Å². The van der Waals surface area contributed by atoms with Crippen molar-refractivity contribution in [1.82, 2.24) is 10.3 Å². The molecule has 1 fully saturated rings. The Morgan fingerprint density at radius 2 is 2.32 bits per heavy atom. The molecule has 0 saturated heterocycles. The number of phenols is 1. The van der Waals surface area contributed by atoms with Gasteiger partial charge in [-0.1, -0.05) is 0 Å². The number of amides is 1. The van der Waals surface area contributed by atoms with Gasteiger partial charge in [-0.05, 0) is 42.5 Å². The van der Waals surface area contributed by atoms with Crippen LogP contribution in [0, 0.1) is 0 Å². The molecule has 1 aliphatic carbocycles. The third-order valence-electron chi connectivity index (χ3n) is 3.20. The minimum Gasteiger partial charge on any atom is -0.508 e. The summed E-state index contributed by atoms with van der Waals surface area (Å²) in [5.74, 6) is 1.06. The molecule has 3 rings (SSSR count). The lowest BCUT2D eigenvalue weighted by atomic mass is 10.0. The van der Waals surface area contributed by atoms with E-state index in [9.17, 15) is 9.90 Å². The highest BCUT2D eigenvalue weighted by Gasteiger charge is 2.28. The number of phenolic OH excluding ortho intramolecular Hbond substituents is 1. The quantitative estimate of drug-likeness (QED) is 0.881. The number of nitrogens with zero attached hydrogens (tertiary/aromatic N) is 1. The number of oxazole rings is 1. The zero-order valence-electron chi connectivity index (χ0n) is 10.3. The number of aromatic hydroxyl groups is 1. The van der Waals surface area contributed by atoms with Crippen LogP contribution in [-0.2, 0) is 6.54 Å². The summed E-state index contributed by atoms with van der Waals surface area (Å²) in [4.78, 5) is 15.9. The summed E-state index contributed by atoms with van der Waals surface area (Å²) in [6, 6.07) is 4.88. The Morgan fingerprint density at radius 3 is 3.00 bits per heavy atom. The van der Waals surface area contributed by atoms with Crippen LogP contribution >= 0.6 is 0 Å². The number of benzene rings is 1. The maximum Gasteiger partial charge on any atom is 0.251 e. The van der Waals surface area contributed by atoms with Gasteiger partial charge in [-0.3, -0.25) is 4.79 Å². The van der Waals surface area contributed by atoms with Crippen molar-refractivity contribution in [3.63, 3.8) is 0 Å². The summed E-state index contributed by atoms with van der Waals surface area (Å²) in [5, 5.41) is 12.3. The second-order valence-corrected chi connectivity index (χ2v) is 4.70. The van der Waals surface area contributed by atoms with Crippen LogP contribution in [0.25, 0.3) is 0 Å². The van der Waals surface area contributed by atoms with E-state index >= 15 is 0 Å². The van der Waals surface area contributed by atoms with Crippen LogP contribution in [0.3, 0.4) is 0 Å². The van der Waals surface area contributed by atoms with Crippen molar-refractivity contribution < 1.29 is 14.3 Å². The molecule has 2 aromatic rings. The largest absolute Gasteiger partial charge is 0.508 e. The molecule has 1 aromatic carbocycles. The summed E-state index contributed by atoms with van der Waals surface area (Å²) in [6.45, 7) is 0.309. The predicted molar refractivity (Wildman–Crippen MR) is 67.8 cm³/mol. The van der Waals surface area contributed by atoms with Gasteiger partial charge in [0, 0.05) is 5.56 Å². The summed E-state index contributed by atoms with van der Waals surface area (Å²) < 4.78 is 5.06. The molecule has 1 amide bonds. The lowest BCUT2D eigenvalue weighted by Gasteiger charge is -2.09. The number of rotatable bonds is 4. The smallest absolute Gasteiger partial charge is 0.251 e. The van der Waals surface area contributed by atoms with E-state index < -0.39 is 0 Å². The fourth-order valence-corrected chi connectivity index (χ4v) is 2.08. The third-order valence-corrected chi connectivity index (χ3v) is 3.20. The fraction of sp³-hybridized carbons (Fsp3) is 0.286. The van der Waals surface area contributed by atoms with Crippen molar-refractivity contribution in [3.8, 4) is 5.75 Å². The summed E-state index contributed by atoms with van der Waals surface area (Å²) in [7, 11) is 0. The van der Waals surface area contributed by atoms with Gasteiger partial charge in [0.15, 0.2) is 6.39 Å². The fourth-order valence-electron chi connectivity index (χ4n) is 2.08. The average molecular weight is 258 g/mol. The molecule has 1 aliphatic rings. The molecule has 5 heteroatoms. The maximum atomic E-state index is 12.1. The van der Waals surface area contributed by atoms with Gasteiger partial charge in [0.1, 0.15) is 11.5 Å². The molecular weight excluding hydrogens is 244 g/mol. The molecule has 19 heavy (non-hydrogen) atoms. The van der Waals surface area contributed by atoms with E-state index in [1.165, 1.54) is 12.5 Å². The number of aromatic nitrogens is 1. The number of carbonyl (C=O) groups excluding carboxylic acids is 1. The Labute approximate surface area is 110 Å². The minimum atomic E-state index is -0.154. The molecule has 98 valence electrons. The average Bonchev–Trinajstić information content (AvgIpc) is 3.13. The molecule has 0 unspecified atom stereocenters. The minimum absolute atomic E-state index is 0.154. The topological polar surface area (TPSA) is 75.4 Å². The van der Waals surface area contributed by atoms with E-state index in [4.69, 9.17) is 4.42 Å². The van der Waals surface area contributed by atoms with Crippen LogP contribution in [0.2, 0.25) is 0 Å². The number of nitrogens with one attached hydrogen (secondary N) is 1. The molecule has 0 bridgehead atoms. The van der Waals surface area contributed by atoms with Crippen LogP contribution in [0.5, 0.6) is 5.75 Å². The van der Waals surface area contributed by atoms with Crippen LogP contribution in [0.15, 0.2) is 35.2 Å². The monoisotopic (exact) mass is 258 g/mol. The maximum absolute atomic E-state index is 12.1. The molecule has 2 N–H and O–H groups in total. The first-order chi connectivity index (χ1) is 9.24. The number of carbonyl (C=O) groups is 1. The van der Waals surface area contributed by atoms with Crippen LogP contribution in [0.4, 0.5) is 0 Å². The number of hydrogen-bond acceptors (Lipinski definition) is 4. The zero-order valence-corrected chi connectivity index (χ0v) is 10.3. The summed E-state index contributed by atoms with van der Waals surface area (Å²) in [5.41, 5.74) is 1.55. The van der Waals surface area contributed by atoms with E-state index in [-0.39, 0.29) is 11.7 Å². The summed E-state index contributed by atoms with van der Waals surface area (Å²) >= 11 is 0. The van der Waals surface area contributed by atoms with E-state index in [2.05, 4.69) is 10.3 Å². The second-order valence-electron chi connectivity index (χ2n) is 4.70. The van der Waals surface area contributed by atoms with Crippen LogP contribution in [0.1, 0.15) is 40.4 Å². The first-order valence-electron chi connectivity index (χ1n) is 6.22. The molecule has 0 spiro atoms. The van der Waals surface area contributed by atoms with Gasteiger partial charge in [0.25, 0.3) is 5.91 Å². The Bertz CT molecular complexity index is 589. The molecule has 0 atom stereocenters. The Balaban J connectivity index is 1.75. The SMILES string of the molecule is O=C(NCc1cnco1)c1ccc(O)cc1C1CC1. The Kier molecular flexibility index (Phi) is 2.95. The molecule has 5 nitrogen and oxygen atoms in total. The van der Waals surface area contributed by atoms with Gasteiger partial charge >= 0.3 is 0 Å². The van der Waals surface area contributed by atoms with Gasteiger partial charge in [-0.25, -0.2) is 4.98 Å². The Morgan fingerprint density at radius 1 is 1.47 bits per heavy atom. The first kappa shape index (κ1) is 11.8. The van der Waals surface area contributed by atoms with E-state index in [1.807, 2.05) is 0 Å². The standard InChI is InChI=1S/C14H14N2O3/c17-10-3-4-12(13(5-10)9-1-2-9)14(18)16-7-11-6-15-8-19-11/h3-6,8-9,17H,1-2,7H2,(H,16,18). The Hall–Kier alpha value is -2.30. The van der Waals surface area contributed by atoms with Gasteiger partial charge in [-0.2, -0.15) is 0 Å². The molecule has 0 radical (unpaired) electrons. The van der Waals surface area contributed by atoms with Crippen LogP contribution < -0.4 is 5.32 Å². The van der Waals surface area contributed by atoms with Gasteiger partial charge in [-0.15, -0.1) is 0 Å². The van der Waals surface area contributed by atoms with Crippen molar-refractivity contribution in [2.24, 2.45) is 0 Å². The van der Waals surface area contributed by atoms with Crippen LogP contribution in [-0.4, -0.2) is 16.0 Å². The molecule has 1 aromatic heterocycles. The predicted octanol–water partition coefficient (Wildman–Crippen LogP) is 2.19. The number of hydrogen-bond donors (Lipinski definition) is 2. The third kappa shape index (κ3) is 2.59. The molecule has 0 aliphatic heterocycles. The van der Waals surface area contributed by atoms with Crippen molar-refractivity contribution in [2.75, 3.05) is 0 Å². The summed E-state index contributed by atoms with van der Waals surface area (Å²) in [6.07, 6.45) is 5.05. The van der Waals surface area contributed by atoms with Crippen molar-refractivity contribution >= 4 is 5.91 Å². The highest BCUT2D eigenvalue weighted by Crippen LogP contribution is 2.42. The van der Waals surface area contributed by atoms with E-state index in [0.717, 1.165) is 18.4 Å². The lowest BCUT2D eigenvalue weighted by molar-refractivity contribution is 0.0947. The highest BCUT2D eigenvalue weighted by atomic mass is 16.3. The second kappa shape index (κ2) is 4.76. The highest BCUT2D eigenvalue weighted by molar-refractivity contribution is 5.96. The first-order valence-corrected chi connectivity index (χ1v) is 6.22. The van der Waals surface area contributed by atoms with E-state index in [1.54, 1.807) is 18.3 Å². The lowest BCUT2D eigenvalue weighted by Crippen LogP contribution is -2.23. The normalized spacial score (nSPS) is 14.3. The molecule has 1 heterocycles. The van der Waals surface area contributed by atoms with Gasteiger partial charge in [0.05, 0.1) is 12.7 Å². The van der Waals surface area contributed by atoms with Crippen molar-refractivity contribution in [3.05, 3.63) is 47.7 Å². The molecule has 1 saturated carbocycles. The van der Waals surface area contributed by atoms with Gasteiger partial charge < -0.3 is 14.8 Å². The van der Waals surface area contributed by atoms with Crippen molar-refractivity contribution in [2.45, 2.75) is 25.3 Å².